The van der Waals surface area contributed by atoms with E-state index in [-0.39, 0.29) is 94.0 Å². The molecule has 3 aromatic carbocycles. The molecule has 3 amide bonds. The van der Waals surface area contributed by atoms with E-state index in [9.17, 15) is 19.5 Å². The lowest BCUT2D eigenvalue weighted by Gasteiger charge is -2.48. The van der Waals surface area contributed by atoms with Crippen molar-refractivity contribution in [3.8, 4) is 35.4 Å². The molecule has 2 bridgehead atoms. The number of likely N-dealkylation sites (tertiary alicyclic amines) is 2. The maximum atomic E-state index is 17.0. The van der Waals surface area contributed by atoms with Crippen LogP contribution >= 0.6 is 0 Å². The van der Waals surface area contributed by atoms with Gasteiger partial charge in [0.25, 0.3) is 5.91 Å². The predicted molar refractivity (Wildman–Crippen MR) is 269 cm³/mol. The summed E-state index contributed by atoms with van der Waals surface area (Å²) in [4.78, 5) is 62.3. The highest BCUT2D eigenvalue weighted by atomic mass is 19.1. The van der Waals surface area contributed by atoms with Crippen molar-refractivity contribution in [2.75, 3.05) is 81.9 Å². The summed E-state index contributed by atoms with van der Waals surface area (Å²) in [5, 5.41) is 17.8. The van der Waals surface area contributed by atoms with Crippen molar-refractivity contribution in [3.05, 3.63) is 76.7 Å². The second kappa shape index (κ2) is 19.1. The summed E-state index contributed by atoms with van der Waals surface area (Å²) in [5.74, 6) is 0.421. The second-order valence-electron chi connectivity index (χ2n) is 21.5. The standard InChI is InChI=1S/C55H59F3N10O5/c1-2-37-42(56)7-3-33-25-36(69)26-39(46(33)37)49-48(58)50-40(27-59-49)51(67-29-34-4-5-35(30-67)60-34)63-54(62-50)73-24-23-64-17-11-32(12-18-64)28-65-19-13-55(14-20-65)15-21-66(22-16-55)43-8-6-38-41(47(43)57)31-68(53(38)72)44-9-10-45(70)61-52(44)71/h1,3,6-8,25-27,32,34-35,44,60,69H,4-5,9-24,28-31H2,(H,61,70,71). The number of carbonyl (C=O) groups excluding carboxylic acids is 3. The number of hydrogen-bond donors (Lipinski definition) is 3. The van der Waals surface area contributed by atoms with Crippen LogP contribution in [0.15, 0.2) is 42.6 Å². The van der Waals surface area contributed by atoms with E-state index in [1.165, 1.54) is 29.2 Å². The molecule has 2 aromatic heterocycles. The van der Waals surface area contributed by atoms with Crippen LogP contribution in [0.2, 0.25) is 0 Å². The number of phenolic OH excluding ortho intramolecular Hbond substituents is 1. The number of ether oxygens (including phenoxy) is 1. The van der Waals surface area contributed by atoms with Gasteiger partial charge in [0.15, 0.2) is 11.6 Å². The summed E-state index contributed by atoms with van der Waals surface area (Å²) in [5.41, 5.74) is 1.39. The predicted octanol–water partition coefficient (Wildman–Crippen LogP) is 6.12. The number of imide groups is 1. The molecule has 12 rings (SSSR count). The molecule has 380 valence electrons. The number of piperidine rings is 4. The van der Waals surface area contributed by atoms with Crippen molar-refractivity contribution < 1.29 is 37.4 Å². The third kappa shape index (κ3) is 8.86. The Morgan fingerprint density at radius 1 is 0.836 bits per heavy atom. The van der Waals surface area contributed by atoms with Crippen molar-refractivity contribution in [2.24, 2.45) is 11.3 Å². The molecule has 7 aliphatic rings. The number of aromatic nitrogens is 3. The number of aromatic hydroxyl groups is 1. The molecule has 18 heteroatoms. The van der Waals surface area contributed by atoms with E-state index in [4.69, 9.17) is 16.1 Å². The van der Waals surface area contributed by atoms with E-state index in [1.807, 2.05) is 0 Å². The first-order chi connectivity index (χ1) is 35.4. The molecular formula is C55H59F3N10O5. The van der Waals surface area contributed by atoms with Gasteiger partial charge >= 0.3 is 6.01 Å². The van der Waals surface area contributed by atoms with Gasteiger partial charge in [-0.05, 0) is 131 Å². The summed E-state index contributed by atoms with van der Waals surface area (Å²) in [7, 11) is 0. The summed E-state index contributed by atoms with van der Waals surface area (Å²) >= 11 is 0. The van der Waals surface area contributed by atoms with Gasteiger partial charge in [0, 0.05) is 86.0 Å². The van der Waals surface area contributed by atoms with Gasteiger partial charge in [-0.25, -0.2) is 13.2 Å². The Kier molecular flexibility index (Phi) is 12.4. The first-order valence-corrected chi connectivity index (χ1v) is 26.0. The number of carbonyl (C=O) groups is 3. The van der Waals surface area contributed by atoms with Gasteiger partial charge < -0.3 is 34.8 Å². The first kappa shape index (κ1) is 47.5. The molecule has 5 aromatic rings. The molecule has 6 saturated heterocycles. The van der Waals surface area contributed by atoms with E-state index in [1.54, 1.807) is 18.3 Å². The van der Waals surface area contributed by atoms with Crippen molar-refractivity contribution >= 4 is 50.9 Å². The molecule has 7 aliphatic heterocycles. The number of phenols is 1. The van der Waals surface area contributed by atoms with Crippen LogP contribution in [0.1, 0.15) is 85.7 Å². The zero-order valence-electron chi connectivity index (χ0n) is 40.8. The minimum Gasteiger partial charge on any atom is -0.508 e. The molecule has 3 atom stereocenters. The number of pyridine rings is 1. The molecule has 3 unspecified atom stereocenters. The van der Waals surface area contributed by atoms with Crippen LogP contribution in [0.5, 0.6) is 11.8 Å². The number of anilines is 2. The van der Waals surface area contributed by atoms with Crippen LogP contribution in [0.4, 0.5) is 24.7 Å². The molecule has 15 nitrogen and oxygen atoms in total. The van der Waals surface area contributed by atoms with Gasteiger partial charge in [-0.2, -0.15) is 9.97 Å². The Morgan fingerprint density at radius 3 is 2.33 bits per heavy atom. The number of benzene rings is 3. The highest BCUT2D eigenvalue weighted by Crippen LogP contribution is 2.44. The highest BCUT2D eigenvalue weighted by molar-refractivity contribution is 6.06. The maximum absolute atomic E-state index is 17.0. The van der Waals surface area contributed by atoms with E-state index < -0.39 is 23.6 Å². The average Bonchev–Trinajstić information content (AvgIpc) is 3.92. The van der Waals surface area contributed by atoms with E-state index in [2.05, 4.69) is 46.1 Å². The third-order valence-electron chi connectivity index (χ3n) is 17.2. The largest absolute Gasteiger partial charge is 0.508 e. The second-order valence-corrected chi connectivity index (χ2v) is 21.5. The molecule has 3 N–H and O–H groups in total. The summed E-state index contributed by atoms with van der Waals surface area (Å²) in [6.45, 7) is 8.96. The third-order valence-corrected chi connectivity index (χ3v) is 17.2. The van der Waals surface area contributed by atoms with Crippen LogP contribution < -0.4 is 25.2 Å². The zero-order chi connectivity index (χ0) is 50.1. The van der Waals surface area contributed by atoms with Crippen molar-refractivity contribution in [3.63, 3.8) is 0 Å². The highest BCUT2D eigenvalue weighted by Gasteiger charge is 2.43. The Morgan fingerprint density at radius 2 is 1.59 bits per heavy atom. The molecule has 9 heterocycles. The molecule has 0 saturated carbocycles. The van der Waals surface area contributed by atoms with E-state index in [0.29, 0.717) is 65.6 Å². The van der Waals surface area contributed by atoms with Crippen molar-refractivity contribution in [2.45, 2.75) is 88.9 Å². The van der Waals surface area contributed by atoms with Crippen molar-refractivity contribution in [1.82, 2.24) is 40.3 Å². The molecule has 73 heavy (non-hydrogen) atoms. The summed E-state index contributed by atoms with van der Waals surface area (Å²) in [6, 6.07) is 8.81. The van der Waals surface area contributed by atoms with Gasteiger partial charge in [0.05, 0.1) is 23.2 Å². The fourth-order valence-electron chi connectivity index (χ4n) is 13.0. The van der Waals surface area contributed by atoms with Gasteiger partial charge in [-0.3, -0.25) is 29.6 Å². The number of hydrogen-bond acceptors (Lipinski definition) is 13. The van der Waals surface area contributed by atoms with Crippen LogP contribution in [-0.2, 0) is 16.1 Å². The van der Waals surface area contributed by atoms with E-state index >= 15 is 13.2 Å². The summed E-state index contributed by atoms with van der Waals surface area (Å²) < 4.78 is 54.5. The Hall–Kier alpha value is -6.55. The summed E-state index contributed by atoms with van der Waals surface area (Å²) in [6.07, 6.45) is 16.2. The van der Waals surface area contributed by atoms with Crippen LogP contribution in [0.25, 0.3) is 32.9 Å². The van der Waals surface area contributed by atoms with E-state index in [0.717, 1.165) is 97.2 Å². The maximum Gasteiger partial charge on any atom is 0.319 e. The average molecular weight is 997 g/mol. The molecule has 1 spiro atoms. The number of terminal acetylenes is 1. The van der Waals surface area contributed by atoms with Gasteiger partial charge in [-0.15, -0.1) is 6.42 Å². The minimum atomic E-state index is -0.778. The van der Waals surface area contributed by atoms with Gasteiger partial charge in [-0.1, -0.05) is 12.0 Å². The number of fused-ring (bicyclic) bond motifs is 5. The monoisotopic (exact) mass is 996 g/mol. The first-order valence-electron chi connectivity index (χ1n) is 26.0. The lowest BCUT2D eigenvalue weighted by Crippen LogP contribution is -2.52. The zero-order valence-corrected chi connectivity index (χ0v) is 40.8. The number of piperazine rings is 1. The lowest BCUT2D eigenvalue weighted by molar-refractivity contribution is -0.136. The normalized spacial score (nSPS) is 23.7. The Labute approximate surface area is 421 Å². The van der Waals surface area contributed by atoms with Crippen LogP contribution in [0, 0.1) is 41.1 Å². The van der Waals surface area contributed by atoms with Crippen LogP contribution in [-0.4, -0.2) is 143 Å². The molecular weight excluding hydrogens is 938 g/mol. The topological polar surface area (TPSA) is 160 Å². The fourth-order valence-corrected chi connectivity index (χ4v) is 13.0. The Bertz CT molecular complexity index is 3080. The van der Waals surface area contributed by atoms with Crippen molar-refractivity contribution in [1.29, 1.82) is 0 Å². The molecule has 0 radical (unpaired) electrons. The Balaban J connectivity index is 0.649. The number of nitrogens with one attached hydrogen (secondary N) is 2. The molecule has 0 aliphatic carbocycles. The van der Waals surface area contributed by atoms with Crippen LogP contribution in [0.3, 0.4) is 0 Å². The SMILES string of the molecule is C#Cc1c(F)ccc2cc(O)cc(-c3ncc4c(N5CC6CCC(C5)N6)nc(OCCN5CCC(CN6CCC7(CC6)CCN(c6ccc8c(c6F)CN(C6CCC(=O)NC6=O)C8=O)CC7)CC5)nc4c3F)c12. The number of amides is 3. The lowest BCUT2D eigenvalue weighted by atomic mass is 9.71. The number of nitrogens with zero attached hydrogens (tertiary/aromatic N) is 8. The number of halogens is 3. The quantitative estimate of drug-likeness (QED) is 0.109. The smallest absolute Gasteiger partial charge is 0.319 e. The van der Waals surface area contributed by atoms with Gasteiger partial charge in [0.2, 0.25) is 11.8 Å². The minimum absolute atomic E-state index is 0.0220. The van der Waals surface area contributed by atoms with Gasteiger partial charge in [0.1, 0.15) is 41.2 Å². The molecule has 6 fully saturated rings. The number of rotatable bonds is 10. The fraction of sp³-hybridized carbons (Fsp3) is 0.491.